The highest BCUT2D eigenvalue weighted by Gasteiger charge is 2.32. The number of hydrogen-bond donors (Lipinski definition) is 0. The van der Waals surface area contributed by atoms with Crippen LogP contribution in [0.3, 0.4) is 0 Å². The molecule has 2 rings (SSSR count). The van der Waals surface area contributed by atoms with Gasteiger partial charge in [0.05, 0.1) is 13.2 Å². The second kappa shape index (κ2) is 7.16. The fraction of sp³-hybridized carbons (Fsp3) is 0.769. The second-order valence-corrected chi connectivity index (χ2v) is 5.70. The van der Waals surface area contributed by atoms with Gasteiger partial charge in [0, 0.05) is 7.05 Å². The van der Waals surface area contributed by atoms with Crippen LogP contribution in [0.4, 0.5) is 13.2 Å². The first kappa shape index (κ1) is 17.5. The number of aryl methyl sites for hydroxylation is 1. The number of ether oxygens (including phenoxy) is 1. The van der Waals surface area contributed by atoms with E-state index in [9.17, 15) is 22.8 Å². The Balaban J connectivity index is 1.70. The molecule has 1 fully saturated rings. The SMILES string of the molecule is Cn1cnn(CC(=O)OCC2CCN(CC(F)(F)F)CC2)c1=O. The van der Waals surface area contributed by atoms with Gasteiger partial charge < -0.3 is 4.74 Å². The van der Waals surface area contributed by atoms with Crippen molar-refractivity contribution in [2.45, 2.75) is 25.6 Å². The van der Waals surface area contributed by atoms with E-state index < -0.39 is 24.4 Å². The van der Waals surface area contributed by atoms with Gasteiger partial charge in [-0.15, -0.1) is 0 Å². The molecule has 23 heavy (non-hydrogen) atoms. The maximum absolute atomic E-state index is 12.3. The normalized spacial score (nSPS) is 17.4. The lowest BCUT2D eigenvalue weighted by atomic mass is 9.98. The van der Waals surface area contributed by atoms with E-state index in [-0.39, 0.29) is 19.1 Å². The Hall–Kier alpha value is -1.84. The summed E-state index contributed by atoms with van der Waals surface area (Å²) in [7, 11) is 1.52. The molecule has 1 saturated heterocycles. The zero-order valence-corrected chi connectivity index (χ0v) is 12.8. The first-order valence-electron chi connectivity index (χ1n) is 7.28. The highest BCUT2D eigenvalue weighted by Crippen LogP contribution is 2.22. The van der Waals surface area contributed by atoms with Crippen molar-refractivity contribution in [3.63, 3.8) is 0 Å². The summed E-state index contributed by atoms with van der Waals surface area (Å²) in [6, 6.07) is 0. The number of carbonyl (C=O) groups excluding carboxylic acids is 1. The summed E-state index contributed by atoms with van der Waals surface area (Å²) < 4.78 is 44.2. The molecule has 0 saturated carbocycles. The Morgan fingerprint density at radius 3 is 2.57 bits per heavy atom. The number of likely N-dealkylation sites (tertiary alicyclic amines) is 1. The smallest absolute Gasteiger partial charge is 0.401 e. The van der Waals surface area contributed by atoms with Crippen LogP contribution in [0.15, 0.2) is 11.1 Å². The van der Waals surface area contributed by atoms with E-state index in [4.69, 9.17) is 4.74 Å². The van der Waals surface area contributed by atoms with E-state index in [1.807, 2.05) is 0 Å². The minimum atomic E-state index is -4.19. The van der Waals surface area contributed by atoms with E-state index in [0.29, 0.717) is 25.9 Å². The molecule has 130 valence electrons. The molecule has 1 aromatic rings. The molecule has 0 spiro atoms. The molecule has 0 N–H and O–H groups in total. The molecule has 0 bridgehead atoms. The van der Waals surface area contributed by atoms with Crippen LogP contribution in [0.2, 0.25) is 0 Å². The van der Waals surface area contributed by atoms with Gasteiger partial charge in [-0.2, -0.15) is 18.3 Å². The van der Waals surface area contributed by atoms with Crippen LogP contribution in [-0.2, 0) is 23.1 Å². The molecule has 2 heterocycles. The van der Waals surface area contributed by atoms with Gasteiger partial charge in [0.2, 0.25) is 0 Å². The van der Waals surface area contributed by atoms with Crippen LogP contribution in [0, 0.1) is 5.92 Å². The summed E-state index contributed by atoms with van der Waals surface area (Å²) in [5, 5.41) is 3.75. The molecule has 10 heteroatoms. The molecule has 1 aliphatic rings. The quantitative estimate of drug-likeness (QED) is 0.728. The number of piperidine rings is 1. The number of alkyl halides is 3. The minimum absolute atomic E-state index is 0.0453. The van der Waals surface area contributed by atoms with Crippen LogP contribution in [0.25, 0.3) is 0 Å². The van der Waals surface area contributed by atoms with Crippen LogP contribution >= 0.6 is 0 Å². The first-order chi connectivity index (χ1) is 10.7. The minimum Gasteiger partial charge on any atom is -0.464 e. The van der Waals surface area contributed by atoms with Gasteiger partial charge >= 0.3 is 17.8 Å². The van der Waals surface area contributed by atoms with Crippen molar-refractivity contribution < 1.29 is 22.7 Å². The third kappa shape index (κ3) is 5.38. The summed E-state index contributed by atoms with van der Waals surface area (Å²) in [6.45, 7) is -0.349. The molecular weight excluding hydrogens is 317 g/mol. The van der Waals surface area contributed by atoms with Crippen LogP contribution in [0.5, 0.6) is 0 Å². The van der Waals surface area contributed by atoms with Gasteiger partial charge in [0.15, 0.2) is 0 Å². The van der Waals surface area contributed by atoms with E-state index in [0.717, 1.165) is 4.68 Å². The number of nitrogens with zero attached hydrogens (tertiary/aromatic N) is 4. The Labute approximate surface area is 130 Å². The molecule has 0 radical (unpaired) electrons. The molecule has 0 unspecified atom stereocenters. The molecule has 0 atom stereocenters. The highest BCUT2D eigenvalue weighted by atomic mass is 19.4. The Bertz CT molecular complexity index is 588. The average molecular weight is 336 g/mol. The zero-order valence-electron chi connectivity index (χ0n) is 12.8. The van der Waals surface area contributed by atoms with E-state index in [1.54, 1.807) is 0 Å². The van der Waals surface area contributed by atoms with Crippen molar-refractivity contribution in [2.24, 2.45) is 13.0 Å². The van der Waals surface area contributed by atoms with Crippen LogP contribution in [-0.4, -0.2) is 57.6 Å². The van der Waals surface area contributed by atoms with E-state index in [2.05, 4.69) is 5.10 Å². The van der Waals surface area contributed by atoms with Gasteiger partial charge in [0.25, 0.3) is 0 Å². The molecule has 7 nitrogen and oxygen atoms in total. The van der Waals surface area contributed by atoms with Crippen molar-refractivity contribution in [1.29, 1.82) is 0 Å². The Morgan fingerprint density at radius 2 is 2.04 bits per heavy atom. The van der Waals surface area contributed by atoms with Crippen molar-refractivity contribution >= 4 is 5.97 Å². The summed E-state index contributed by atoms with van der Waals surface area (Å²) in [4.78, 5) is 24.5. The molecule has 1 aromatic heterocycles. The third-order valence-electron chi connectivity index (χ3n) is 3.76. The maximum Gasteiger partial charge on any atom is 0.401 e. The average Bonchev–Trinajstić information content (AvgIpc) is 2.77. The standard InChI is InChI=1S/C13H19F3N4O3/c1-18-9-17-20(12(18)22)6-11(21)23-7-10-2-4-19(5-3-10)8-13(14,15)16/h9-10H,2-8H2,1H3. The van der Waals surface area contributed by atoms with Crippen molar-refractivity contribution in [2.75, 3.05) is 26.2 Å². The van der Waals surface area contributed by atoms with Gasteiger partial charge in [-0.25, -0.2) is 9.48 Å². The van der Waals surface area contributed by atoms with Gasteiger partial charge in [0.1, 0.15) is 12.9 Å². The second-order valence-electron chi connectivity index (χ2n) is 5.70. The number of halogens is 3. The van der Waals surface area contributed by atoms with Gasteiger partial charge in [-0.05, 0) is 31.8 Å². The van der Waals surface area contributed by atoms with Crippen LogP contribution in [0.1, 0.15) is 12.8 Å². The highest BCUT2D eigenvalue weighted by molar-refractivity contribution is 5.68. The molecular formula is C13H19F3N4O3. The number of hydrogen-bond acceptors (Lipinski definition) is 5. The Morgan fingerprint density at radius 1 is 1.39 bits per heavy atom. The van der Waals surface area contributed by atoms with Crippen molar-refractivity contribution in [1.82, 2.24) is 19.2 Å². The molecule has 0 aromatic carbocycles. The maximum atomic E-state index is 12.3. The molecule has 0 aliphatic carbocycles. The zero-order chi connectivity index (χ0) is 17.0. The molecule has 0 amide bonds. The van der Waals surface area contributed by atoms with Crippen molar-refractivity contribution in [3.8, 4) is 0 Å². The number of carbonyl (C=O) groups is 1. The summed E-state index contributed by atoms with van der Waals surface area (Å²) >= 11 is 0. The van der Waals surface area contributed by atoms with Gasteiger partial charge in [-0.3, -0.25) is 14.3 Å². The fourth-order valence-electron chi connectivity index (χ4n) is 2.47. The number of esters is 1. The Kier molecular flexibility index (Phi) is 5.45. The van der Waals surface area contributed by atoms with Gasteiger partial charge in [-0.1, -0.05) is 0 Å². The van der Waals surface area contributed by atoms with E-state index >= 15 is 0 Å². The number of rotatable bonds is 5. The lowest BCUT2D eigenvalue weighted by Gasteiger charge is -2.31. The predicted molar refractivity (Wildman–Crippen MR) is 73.6 cm³/mol. The predicted octanol–water partition coefficient (Wildman–Crippen LogP) is 0.399. The topological polar surface area (TPSA) is 69.4 Å². The van der Waals surface area contributed by atoms with Crippen molar-refractivity contribution in [3.05, 3.63) is 16.8 Å². The lowest BCUT2D eigenvalue weighted by molar-refractivity contribution is -0.151. The first-order valence-corrected chi connectivity index (χ1v) is 7.28. The third-order valence-corrected chi connectivity index (χ3v) is 3.76. The summed E-state index contributed by atoms with van der Waals surface area (Å²) in [6.07, 6.45) is -1.79. The van der Waals surface area contributed by atoms with E-state index in [1.165, 1.54) is 22.8 Å². The summed E-state index contributed by atoms with van der Waals surface area (Å²) in [5.41, 5.74) is -0.414. The lowest BCUT2D eigenvalue weighted by Crippen LogP contribution is -2.41. The molecule has 1 aliphatic heterocycles. The number of aromatic nitrogens is 3. The largest absolute Gasteiger partial charge is 0.464 e. The summed E-state index contributed by atoms with van der Waals surface area (Å²) in [5.74, 6) is -0.535. The fourth-order valence-corrected chi connectivity index (χ4v) is 2.47. The van der Waals surface area contributed by atoms with Crippen LogP contribution < -0.4 is 5.69 Å². The monoisotopic (exact) mass is 336 g/mol.